The summed E-state index contributed by atoms with van der Waals surface area (Å²) in [5.74, 6) is -0.0689. The molecule has 1 saturated carbocycles. The van der Waals surface area contributed by atoms with E-state index in [-0.39, 0.29) is 29.6 Å². The number of para-hydroxylation sites is 1. The number of hydrogen-bond acceptors (Lipinski definition) is 3. The third-order valence-electron chi connectivity index (χ3n) is 5.63. The second kappa shape index (κ2) is 5.33. The molecule has 1 saturated heterocycles. The minimum Gasteiger partial charge on any atom is -0.274 e. The summed E-state index contributed by atoms with van der Waals surface area (Å²) in [6.45, 7) is 0. The molecule has 2 bridgehead atoms. The summed E-state index contributed by atoms with van der Waals surface area (Å²) in [5, 5.41) is 0. The number of rotatable bonds is 3. The van der Waals surface area contributed by atoms with Crippen molar-refractivity contribution in [1.82, 2.24) is 0 Å². The molecule has 1 heterocycles. The van der Waals surface area contributed by atoms with Gasteiger partial charge in [-0.25, -0.2) is 4.90 Å². The highest BCUT2D eigenvalue weighted by Crippen LogP contribution is 2.63. The van der Waals surface area contributed by atoms with Gasteiger partial charge in [0.2, 0.25) is 5.91 Å². The van der Waals surface area contributed by atoms with Gasteiger partial charge in [-0.15, -0.1) is 11.8 Å². The van der Waals surface area contributed by atoms with Crippen LogP contribution in [0.1, 0.15) is 6.42 Å². The molecule has 2 amide bonds. The Morgan fingerprint density at radius 2 is 1.60 bits per heavy atom. The van der Waals surface area contributed by atoms with Gasteiger partial charge in [0, 0.05) is 10.8 Å². The molecule has 25 heavy (non-hydrogen) atoms. The predicted octanol–water partition coefficient (Wildman–Crippen LogP) is 3.91. The normalized spacial score (nSPS) is 32.5. The number of thioether (sulfide) groups is 1. The standard InChI is InChI=1S/C21H17NO2S/c23-19-18-14-11-12-15(13-14)21(18,25-17-9-5-2-6-10-17)20(24)22(19)16-7-3-1-4-8-16/h1-12,14-15,18H,13H2/t14-,15+,18+,21-/m1/s1. The maximum Gasteiger partial charge on any atom is 0.251 e. The van der Waals surface area contributed by atoms with Crippen LogP contribution in [-0.2, 0) is 9.59 Å². The van der Waals surface area contributed by atoms with Gasteiger partial charge in [-0.05, 0) is 36.6 Å². The van der Waals surface area contributed by atoms with Crippen LogP contribution in [-0.4, -0.2) is 16.6 Å². The molecule has 2 aliphatic carbocycles. The van der Waals surface area contributed by atoms with Crippen molar-refractivity contribution in [3.8, 4) is 0 Å². The van der Waals surface area contributed by atoms with Crippen LogP contribution in [0.15, 0.2) is 77.7 Å². The van der Waals surface area contributed by atoms with Crippen molar-refractivity contribution < 1.29 is 9.59 Å². The molecule has 0 spiro atoms. The number of benzene rings is 2. The van der Waals surface area contributed by atoms with Crippen LogP contribution in [0.2, 0.25) is 0 Å². The number of carbonyl (C=O) groups is 2. The molecule has 2 fully saturated rings. The van der Waals surface area contributed by atoms with Gasteiger partial charge in [-0.2, -0.15) is 0 Å². The van der Waals surface area contributed by atoms with Crippen LogP contribution < -0.4 is 4.90 Å². The van der Waals surface area contributed by atoms with Crippen LogP contribution in [0.25, 0.3) is 0 Å². The zero-order valence-electron chi connectivity index (χ0n) is 13.5. The topological polar surface area (TPSA) is 37.4 Å². The fourth-order valence-corrected chi connectivity index (χ4v) is 6.19. The fraction of sp³-hybridized carbons (Fsp3) is 0.238. The van der Waals surface area contributed by atoms with E-state index < -0.39 is 4.75 Å². The number of fused-ring (bicyclic) bond motifs is 5. The maximum atomic E-state index is 13.6. The van der Waals surface area contributed by atoms with Gasteiger partial charge < -0.3 is 0 Å². The quantitative estimate of drug-likeness (QED) is 0.624. The van der Waals surface area contributed by atoms with Gasteiger partial charge in [0.25, 0.3) is 5.91 Å². The van der Waals surface area contributed by atoms with Crippen LogP contribution in [0.3, 0.4) is 0 Å². The summed E-state index contributed by atoms with van der Waals surface area (Å²) < 4.78 is -0.701. The van der Waals surface area contributed by atoms with Gasteiger partial charge in [0.1, 0.15) is 4.75 Å². The summed E-state index contributed by atoms with van der Waals surface area (Å²) in [5.41, 5.74) is 0.680. The van der Waals surface area contributed by atoms with Gasteiger partial charge in [0.15, 0.2) is 0 Å². The lowest BCUT2D eigenvalue weighted by Crippen LogP contribution is -2.43. The molecule has 4 atom stereocenters. The summed E-state index contributed by atoms with van der Waals surface area (Å²) in [4.78, 5) is 29.3. The second-order valence-corrected chi connectivity index (χ2v) is 8.24. The van der Waals surface area contributed by atoms with E-state index in [0.29, 0.717) is 5.69 Å². The van der Waals surface area contributed by atoms with Gasteiger partial charge in [-0.3, -0.25) is 9.59 Å². The Kier molecular flexibility index (Phi) is 3.19. The first-order valence-corrected chi connectivity index (χ1v) is 9.39. The Morgan fingerprint density at radius 3 is 2.32 bits per heavy atom. The molecular formula is C21H17NO2S. The number of amides is 2. The third kappa shape index (κ3) is 1.94. The average Bonchev–Trinajstić information content (AvgIpc) is 3.29. The third-order valence-corrected chi connectivity index (χ3v) is 7.20. The van der Waals surface area contributed by atoms with E-state index in [1.807, 2.05) is 60.7 Å². The summed E-state index contributed by atoms with van der Waals surface area (Å²) in [6.07, 6.45) is 5.19. The Hall–Kier alpha value is -2.33. The maximum absolute atomic E-state index is 13.6. The van der Waals surface area contributed by atoms with Crippen LogP contribution >= 0.6 is 11.8 Å². The molecule has 4 heteroatoms. The van der Waals surface area contributed by atoms with Crippen molar-refractivity contribution in [2.24, 2.45) is 17.8 Å². The summed E-state index contributed by atoms with van der Waals surface area (Å²) in [7, 11) is 0. The summed E-state index contributed by atoms with van der Waals surface area (Å²) in [6, 6.07) is 19.3. The monoisotopic (exact) mass is 347 g/mol. The van der Waals surface area contributed by atoms with E-state index in [2.05, 4.69) is 12.2 Å². The molecule has 3 nitrogen and oxygen atoms in total. The lowest BCUT2D eigenvalue weighted by molar-refractivity contribution is -0.123. The first kappa shape index (κ1) is 15.0. The van der Waals surface area contributed by atoms with Crippen LogP contribution in [0.5, 0.6) is 0 Å². The molecule has 2 aromatic carbocycles. The highest BCUT2D eigenvalue weighted by atomic mass is 32.2. The number of hydrogen-bond donors (Lipinski definition) is 0. The molecule has 0 aromatic heterocycles. The van der Waals surface area contributed by atoms with E-state index in [4.69, 9.17) is 0 Å². The number of carbonyl (C=O) groups excluding carboxylic acids is 2. The molecular weight excluding hydrogens is 330 g/mol. The number of imide groups is 1. The molecule has 0 radical (unpaired) electrons. The zero-order chi connectivity index (χ0) is 17.0. The average molecular weight is 347 g/mol. The van der Waals surface area contributed by atoms with Crippen molar-refractivity contribution in [1.29, 1.82) is 0 Å². The molecule has 124 valence electrons. The number of allylic oxidation sites excluding steroid dienone is 2. The summed E-state index contributed by atoms with van der Waals surface area (Å²) >= 11 is 1.58. The molecule has 5 rings (SSSR count). The van der Waals surface area contributed by atoms with E-state index in [1.165, 1.54) is 4.90 Å². The largest absolute Gasteiger partial charge is 0.274 e. The van der Waals surface area contributed by atoms with Crippen molar-refractivity contribution in [3.63, 3.8) is 0 Å². The van der Waals surface area contributed by atoms with Crippen molar-refractivity contribution in [3.05, 3.63) is 72.8 Å². The molecule has 2 aromatic rings. The first-order chi connectivity index (χ1) is 12.2. The minimum absolute atomic E-state index is 0.0449. The Labute approximate surface area is 150 Å². The van der Waals surface area contributed by atoms with Crippen molar-refractivity contribution in [2.45, 2.75) is 16.1 Å². The van der Waals surface area contributed by atoms with Gasteiger partial charge in [0.05, 0.1) is 11.6 Å². The van der Waals surface area contributed by atoms with Crippen LogP contribution in [0.4, 0.5) is 5.69 Å². The van der Waals surface area contributed by atoms with E-state index in [9.17, 15) is 9.59 Å². The smallest absolute Gasteiger partial charge is 0.251 e. The second-order valence-electron chi connectivity index (χ2n) is 6.89. The SMILES string of the molecule is O=C1[C@@H]2[C@@H]3C=C[C@@H](C3)[C@]2(Sc2ccccc2)C(=O)N1c1ccccc1. The lowest BCUT2D eigenvalue weighted by atomic mass is 9.84. The van der Waals surface area contributed by atoms with Crippen molar-refractivity contribution >= 4 is 29.3 Å². The molecule has 1 aliphatic heterocycles. The highest BCUT2D eigenvalue weighted by molar-refractivity contribution is 8.01. The van der Waals surface area contributed by atoms with E-state index in [1.54, 1.807) is 11.8 Å². The highest BCUT2D eigenvalue weighted by Gasteiger charge is 2.70. The number of nitrogens with zero attached hydrogens (tertiary/aromatic N) is 1. The van der Waals surface area contributed by atoms with E-state index >= 15 is 0 Å². The molecule has 0 N–H and O–H groups in total. The van der Waals surface area contributed by atoms with Gasteiger partial charge >= 0.3 is 0 Å². The molecule has 0 unspecified atom stereocenters. The van der Waals surface area contributed by atoms with Crippen LogP contribution in [0, 0.1) is 17.8 Å². The first-order valence-electron chi connectivity index (χ1n) is 8.57. The minimum atomic E-state index is -0.701. The number of anilines is 1. The molecule has 3 aliphatic rings. The lowest BCUT2D eigenvalue weighted by Gasteiger charge is -2.32. The van der Waals surface area contributed by atoms with Gasteiger partial charge in [-0.1, -0.05) is 48.6 Å². The Morgan fingerprint density at radius 1 is 0.920 bits per heavy atom. The Balaban J connectivity index is 1.63. The Bertz CT molecular complexity index is 879. The predicted molar refractivity (Wildman–Crippen MR) is 98.2 cm³/mol. The van der Waals surface area contributed by atoms with E-state index in [0.717, 1.165) is 11.3 Å². The van der Waals surface area contributed by atoms with Crippen molar-refractivity contribution in [2.75, 3.05) is 4.90 Å². The fourth-order valence-electron chi connectivity index (χ4n) is 4.60. The zero-order valence-corrected chi connectivity index (χ0v) is 14.4.